The van der Waals surface area contributed by atoms with Crippen molar-refractivity contribution in [2.75, 3.05) is 6.26 Å². The van der Waals surface area contributed by atoms with Gasteiger partial charge in [-0.05, 0) is 44.7 Å². The third-order valence-electron chi connectivity index (χ3n) is 2.56. The minimum Gasteiger partial charge on any atom is -0.242 e. The summed E-state index contributed by atoms with van der Waals surface area (Å²) in [7, 11) is -1.80. The van der Waals surface area contributed by atoms with Gasteiger partial charge in [0.2, 0.25) is 0 Å². The lowest BCUT2D eigenvalue weighted by atomic mass is 10.1. The second-order valence-corrected chi connectivity index (χ2v) is 8.12. The van der Waals surface area contributed by atoms with Gasteiger partial charge >= 0.3 is 6.18 Å². The van der Waals surface area contributed by atoms with Gasteiger partial charge in [-0.1, -0.05) is 12.1 Å². The standard InChI is InChI=1S/C13H18F3NOS2/c1-12(2,3)20(18)17-11(13(14,15)16)9-5-7-10(19-4)8-6-9/h5-8,11,17H,1-4H3/t11-,20?/m0/s1. The monoisotopic (exact) mass is 325 g/mol. The lowest BCUT2D eigenvalue weighted by Crippen LogP contribution is -2.41. The molecule has 2 nitrogen and oxygen atoms in total. The largest absolute Gasteiger partial charge is 0.408 e. The van der Waals surface area contributed by atoms with Crippen LogP contribution < -0.4 is 4.72 Å². The van der Waals surface area contributed by atoms with Gasteiger partial charge in [0, 0.05) is 4.90 Å². The summed E-state index contributed by atoms with van der Waals surface area (Å²) in [6, 6.07) is 4.15. The Morgan fingerprint density at radius 1 is 1.15 bits per heavy atom. The molecule has 0 aliphatic rings. The number of nitrogens with one attached hydrogen (secondary N) is 1. The Hall–Kier alpha value is -0.530. The minimum absolute atomic E-state index is 0.0629. The van der Waals surface area contributed by atoms with E-state index in [9.17, 15) is 17.4 Å². The van der Waals surface area contributed by atoms with E-state index in [0.717, 1.165) is 4.90 Å². The van der Waals surface area contributed by atoms with Crippen LogP contribution in [0, 0.1) is 0 Å². The van der Waals surface area contributed by atoms with E-state index in [4.69, 9.17) is 0 Å². The summed E-state index contributed by atoms with van der Waals surface area (Å²) in [5, 5.41) is 0. The maximum atomic E-state index is 13.1. The molecule has 0 aromatic heterocycles. The van der Waals surface area contributed by atoms with Crippen molar-refractivity contribution in [2.45, 2.75) is 42.6 Å². The van der Waals surface area contributed by atoms with Gasteiger partial charge in [0.25, 0.3) is 0 Å². The average molecular weight is 325 g/mol. The molecular formula is C13H18F3NOS2. The van der Waals surface area contributed by atoms with Crippen LogP contribution in [0.4, 0.5) is 13.2 Å². The molecule has 1 rings (SSSR count). The molecule has 0 saturated carbocycles. The van der Waals surface area contributed by atoms with Gasteiger partial charge in [0.1, 0.15) is 6.04 Å². The molecule has 0 radical (unpaired) electrons. The van der Waals surface area contributed by atoms with Crippen LogP contribution in [-0.2, 0) is 11.0 Å². The molecule has 0 spiro atoms. The van der Waals surface area contributed by atoms with Crippen molar-refractivity contribution in [2.24, 2.45) is 0 Å². The molecule has 0 aliphatic heterocycles. The van der Waals surface area contributed by atoms with Gasteiger partial charge in [-0.2, -0.15) is 13.2 Å². The summed E-state index contributed by atoms with van der Waals surface area (Å²) in [6.07, 6.45) is -2.65. The summed E-state index contributed by atoms with van der Waals surface area (Å²) in [5.74, 6) is 0. The quantitative estimate of drug-likeness (QED) is 0.846. The lowest BCUT2D eigenvalue weighted by molar-refractivity contribution is -0.152. The second kappa shape index (κ2) is 6.49. The molecule has 2 atom stereocenters. The highest BCUT2D eigenvalue weighted by atomic mass is 32.2. The first-order valence-corrected chi connectivity index (χ1v) is 8.32. The van der Waals surface area contributed by atoms with Crippen molar-refractivity contribution < 1.29 is 17.4 Å². The highest BCUT2D eigenvalue weighted by Gasteiger charge is 2.42. The number of thioether (sulfide) groups is 1. The Balaban J connectivity index is 3.04. The highest BCUT2D eigenvalue weighted by molar-refractivity contribution is 7.98. The number of hydrogen-bond acceptors (Lipinski definition) is 2. The lowest BCUT2D eigenvalue weighted by Gasteiger charge is -2.26. The number of benzene rings is 1. The van der Waals surface area contributed by atoms with Crippen LogP contribution in [0.25, 0.3) is 0 Å². The fourth-order valence-electron chi connectivity index (χ4n) is 1.40. The molecule has 1 N–H and O–H groups in total. The molecule has 7 heteroatoms. The van der Waals surface area contributed by atoms with Crippen LogP contribution in [0.5, 0.6) is 0 Å². The van der Waals surface area contributed by atoms with E-state index in [-0.39, 0.29) is 5.56 Å². The Bertz CT molecular complexity index is 466. The van der Waals surface area contributed by atoms with E-state index in [0.29, 0.717) is 0 Å². The maximum absolute atomic E-state index is 13.1. The van der Waals surface area contributed by atoms with Gasteiger partial charge in [0.05, 0.1) is 15.7 Å². The predicted octanol–water partition coefficient (Wildman–Crippen LogP) is 4.06. The molecule has 1 aromatic rings. The summed E-state index contributed by atoms with van der Waals surface area (Å²) in [4.78, 5) is 0.881. The van der Waals surface area contributed by atoms with Crippen LogP contribution in [0.2, 0.25) is 0 Å². The van der Waals surface area contributed by atoms with Crippen LogP contribution in [-0.4, -0.2) is 21.4 Å². The minimum atomic E-state index is -4.50. The van der Waals surface area contributed by atoms with E-state index in [2.05, 4.69) is 4.72 Å². The Morgan fingerprint density at radius 2 is 1.65 bits per heavy atom. The molecule has 0 amide bonds. The van der Waals surface area contributed by atoms with Crippen LogP contribution in [0.15, 0.2) is 29.2 Å². The number of hydrogen-bond donors (Lipinski definition) is 1. The van der Waals surface area contributed by atoms with Crippen molar-refractivity contribution in [3.8, 4) is 0 Å². The third-order valence-corrected chi connectivity index (χ3v) is 4.86. The van der Waals surface area contributed by atoms with Crippen molar-refractivity contribution in [3.05, 3.63) is 29.8 Å². The van der Waals surface area contributed by atoms with Gasteiger partial charge < -0.3 is 0 Å². The molecule has 0 saturated heterocycles. The zero-order valence-electron chi connectivity index (χ0n) is 11.7. The SMILES string of the molecule is CSc1ccc([C@H](NS(=O)C(C)(C)C)C(F)(F)F)cc1. The predicted molar refractivity (Wildman–Crippen MR) is 78.1 cm³/mol. The summed E-state index contributed by atoms with van der Waals surface area (Å²) in [5.41, 5.74) is 0.0629. The summed E-state index contributed by atoms with van der Waals surface area (Å²) in [6.45, 7) is 4.88. The fraction of sp³-hybridized carbons (Fsp3) is 0.538. The zero-order valence-corrected chi connectivity index (χ0v) is 13.4. The maximum Gasteiger partial charge on any atom is 0.408 e. The van der Waals surface area contributed by atoms with Crippen molar-refractivity contribution in [3.63, 3.8) is 0 Å². The number of halogens is 3. The molecule has 114 valence electrons. The van der Waals surface area contributed by atoms with Crippen molar-refractivity contribution in [1.29, 1.82) is 0 Å². The first-order valence-electron chi connectivity index (χ1n) is 5.94. The van der Waals surface area contributed by atoms with Crippen molar-refractivity contribution in [1.82, 2.24) is 4.72 Å². The number of alkyl halides is 3. The molecule has 20 heavy (non-hydrogen) atoms. The van der Waals surface area contributed by atoms with Gasteiger partial charge in [0.15, 0.2) is 0 Å². The first kappa shape index (κ1) is 17.5. The third kappa shape index (κ3) is 4.79. The summed E-state index contributed by atoms with van der Waals surface area (Å²) < 4.78 is 52.7. The fourth-order valence-corrected chi connectivity index (χ4v) is 2.65. The van der Waals surface area contributed by atoms with Crippen molar-refractivity contribution >= 4 is 22.7 Å². The molecule has 0 fully saturated rings. The molecule has 1 unspecified atom stereocenters. The van der Waals surface area contributed by atoms with E-state index >= 15 is 0 Å². The molecule has 0 bridgehead atoms. The van der Waals surface area contributed by atoms with E-state index < -0.39 is 28.0 Å². The van der Waals surface area contributed by atoms with Gasteiger partial charge in [-0.3, -0.25) is 0 Å². The smallest absolute Gasteiger partial charge is 0.242 e. The Labute approximate surface area is 124 Å². The molecule has 1 aromatic carbocycles. The van der Waals surface area contributed by atoms with Gasteiger partial charge in [-0.25, -0.2) is 8.93 Å². The summed E-state index contributed by atoms with van der Waals surface area (Å²) >= 11 is 1.45. The molecular weight excluding hydrogens is 307 g/mol. The normalized spacial score (nSPS) is 15.9. The van der Waals surface area contributed by atoms with E-state index in [1.807, 2.05) is 6.26 Å². The molecule has 0 aliphatic carbocycles. The van der Waals surface area contributed by atoms with Crippen LogP contribution in [0.3, 0.4) is 0 Å². The average Bonchev–Trinajstić information content (AvgIpc) is 2.33. The Kier molecular flexibility index (Phi) is 5.69. The second-order valence-electron chi connectivity index (χ2n) is 5.25. The van der Waals surface area contributed by atoms with E-state index in [1.165, 1.54) is 23.9 Å². The first-order chi connectivity index (χ1) is 9.05. The molecule has 0 heterocycles. The van der Waals surface area contributed by atoms with Crippen LogP contribution >= 0.6 is 11.8 Å². The number of rotatable bonds is 4. The van der Waals surface area contributed by atoms with Crippen LogP contribution in [0.1, 0.15) is 32.4 Å². The van der Waals surface area contributed by atoms with Gasteiger partial charge in [-0.15, -0.1) is 11.8 Å². The highest BCUT2D eigenvalue weighted by Crippen LogP contribution is 2.34. The Morgan fingerprint density at radius 3 is 2.00 bits per heavy atom. The van der Waals surface area contributed by atoms with E-state index in [1.54, 1.807) is 32.9 Å². The topological polar surface area (TPSA) is 29.1 Å². The zero-order chi connectivity index (χ0) is 15.6.